The lowest BCUT2D eigenvalue weighted by atomic mass is 10.1. The van der Waals surface area contributed by atoms with Crippen molar-refractivity contribution in [2.75, 3.05) is 6.54 Å². The van der Waals surface area contributed by atoms with Gasteiger partial charge in [-0.1, -0.05) is 0 Å². The van der Waals surface area contributed by atoms with E-state index in [0.29, 0.717) is 6.54 Å². The van der Waals surface area contributed by atoms with E-state index in [1.165, 1.54) is 9.75 Å². The van der Waals surface area contributed by atoms with E-state index in [1.807, 2.05) is 0 Å². The van der Waals surface area contributed by atoms with Crippen molar-refractivity contribution in [1.82, 2.24) is 5.32 Å². The van der Waals surface area contributed by atoms with Gasteiger partial charge in [0.25, 0.3) is 0 Å². The topological polar surface area (TPSA) is 49.3 Å². The Labute approximate surface area is 86.8 Å². The van der Waals surface area contributed by atoms with E-state index in [-0.39, 0.29) is 12.0 Å². The van der Waals surface area contributed by atoms with Crippen LogP contribution in [0.4, 0.5) is 0 Å². The van der Waals surface area contributed by atoms with Gasteiger partial charge in [-0.2, -0.15) is 0 Å². The number of rotatable bonds is 2. The first kappa shape index (κ1) is 9.68. The number of thiophene rings is 1. The third-order valence-electron chi connectivity index (χ3n) is 2.58. The Bertz CT molecular complexity index is 348. The molecule has 0 aromatic carbocycles. The summed E-state index contributed by atoms with van der Waals surface area (Å²) in [6, 6.07) is 4.41. The molecule has 1 fully saturated rings. The molecule has 2 rings (SSSR count). The van der Waals surface area contributed by atoms with Crippen LogP contribution in [-0.4, -0.2) is 17.6 Å². The van der Waals surface area contributed by atoms with Crippen molar-refractivity contribution in [3.8, 4) is 0 Å². The van der Waals surface area contributed by atoms with Gasteiger partial charge >= 0.3 is 5.97 Å². The van der Waals surface area contributed by atoms with E-state index >= 15 is 0 Å². The van der Waals surface area contributed by atoms with Crippen molar-refractivity contribution >= 4 is 17.3 Å². The third kappa shape index (κ3) is 1.81. The highest BCUT2D eigenvalue weighted by atomic mass is 32.1. The molecule has 0 spiro atoms. The zero-order valence-electron chi connectivity index (χ0n) is 7.99. The van der Waals surface area contributed by atoms with Crippen molar-refractivity contribution in [3.63, 3.8) is 0 Å². The van der Waals surface area contributed by atoms with Gasteiger partial charge in [-0.15, -0.1) is 11.3 Å². The maximum atomic E-state index is 10.7. The fraction of sp³-hybridized carbons (Fsp3) is 0.500. The molecule has 0 aliphatic carbocycles. The number of aryl methyl sites for hydroxylation is 1. The van der Waals surface area contributed by atoms with Crippen LogP contribution in [0.25, 0.3) is 0 Å². The minimum absolute atomic E-state index is 0.220. The summed E-state index contributed by atoms with van der Waals surface area (Å²) in [7, 11) is 0. The van der Waals surface area contributed by atoms with E-state index in [2.05, 4.69) is 24.4 Å². The van der Waals surface area contributed by atoms with Gasteiger partial charge in [-0.3, -0.25) is 4.79 Å². The molecule has 14 heavy (non-hydrogen) atoms. The fourth-order valence-electron chi connectivity index (χ4n) is 1.78. The van der Waals surface area contributed by atoms with Crippen LogP contribution in [0.3, 0.4) is 0 Å². The number of carboxylic acid groups (broad SMARTS) is 1. The molecule has 4 heteroatoms. The van der Waals surface area contributed by atoms with E-state index in [1.54, 1.807) is 11.3 Å². The minimum Gasteiger partial charge on any atom is -0.481 e. The van der Waals surface area contributed by atoms with Crippen molar-refractivity contribution in [3.05, 3.63) is 21.9 Å². The molecule has 1 saturated heterocycles. The molecule has 2 heterocycles. The van der Waals surface area contributed by atoms with Crippen molar-refractivity contribution in [1.29, 1.82) is 0 Å². The highest BCUT2D eigenvalue weighted by Crippen LogP contribution is 2.31. The number of hydrogen-bond acceptors (Lipinski definition) is 3. The third-order valence-corrected chi connectivity index (χ3v) is 3.70. The molecule has 1 aliphatic rings. The van der Waals surface area contributed by atoms with Gasteiger partial charge in [-0.25, -0.2) is 0 Å². The van der Waals surface area contributed by atoms with Crippen LogP contribution in [0.1, 0.15) is 22.2 Å². The SMILES string of the molecule is Cc1ccc(C2CC(C(=O)O)CN2)s1. The molecule has 0 saturated carbocycles. The van der Waals surface area contributed by atoms with E-state index in [4.69, 9.17) is 5.11 Å². The lowest BCUT2D eigenvalue weighted by Crippen LogP contribution is -2.17. The standard InChI is InChI=1S/C10H13NO2S/c1-6-2-3-9(14-6)8-4-7(5-11-8)10(12)13/h2-3,7-8,11H,4-5H2,1H3,(H,12,13). The average molecular weight is 211 g/mol. The summed E-state index contributed by atoms with van der Waals surface area (Å²) in [5.41, 5.74) is 0. The number of nitrogens with one attached hydrogen (secondary N) is 1. The summed E-state index contributed by atoms with van der Waals surface area (Å²) in [4.78, 5) is 13.3. The van der Waals surface area contributed by atoms with Crippen LogP contribution in [0.15, 0.2) is 12.1 Å². The highest BCUT2D eigenvalue weighted by molar-refractivity contribution is 7.12. The molecule has 1 aromatic heterocycles. The predicted octanol–water partition coefficient (Wildman–Crippen LogP) is 1.79. The van der Waals surface area contributed by atoms with Gasteiger partial charge in [0, 0.05) is 22.3 Å². The van der Waals surface area contributed by atoms with E-state index in [0.717, 1.165) is 6.42 Å². The largest absolute Gasteiger partial charge is 0.481 e. The zero-order valence-corrected chi connectivity index (χ0v) is 8.80. The summed E-state index contributed by atoms with van der Waals surface area (Å²) in [6.07, 6.45) is 0.718. The van der Waals surface area contributed by atoms with Crippen molar-refractivity contribution in [2.24, 2.45) is 5.92 Å². The van der Waals surface area contributed by atoms with Crippen LogP contribution in [0.2, 0.25) is 0 Å². The zero-order chi connectivity index (χ0) is 10.1. The molecule has 2 N–H and O–H groups in total. The maximum absolute atomic E-state index is 10.7. The van der Waals surface area contributed by atoms with Gasteiger partial charge < -0.3 is 10.4 Å². The second-order valence-corrected chi connectivity index (χ2v) is 5.00. The number of hydrogen-bond donors (Lipinski definition) is 2. The Balaban J connectivity index is 2.05. The molecule has 0 radical (unpaired) electrons. The molecule has 1 aromatic rings. The molecule has 76 valence electrons. The van der Waals surface area contributed by atoms with Gasteiger partial charge in [0.15, 0.2) is 0 Å². The molecule has 2 atom stereocenters. The Morgan fingerprint density at radius 3 is 2.93 bits per heavy atom. The van der Waals surface area contributed by atoms with Crippen LogP contribution in [0.5, 0.6) is 0 Å². The summed E-state index contributed by atoms with van der Waals surface area (Å²) >= 11 is 1.74. The van der Waals surface area contributed by atoms with E-state index < -0.39 is 5.97 Å². The molecule has 1 aliphatic heterocycles. The Morgan fingerprint density at radius 2 is 2.43 bits per heavy atom. The van der Waals surface area contributed by atoms with Crippen molar-refractivity contribution in [2.45, 2.75) is 19.4 Å². The lowest BCUT2D eigenvalue weighted by molar-refractivity contribution is -0.141. The molecule has 0 bridgehead atoms. The lowest BCUT2D eigenvalue weighted by Gasteiger charge is -2.06. The molecular weight excluding hydrogens is 198 g/mol. The average Bonchev–Trinajstić information content (AvgIpc) is 2.70. The van der Waals surface area contributed by atoms with E-state index in [9.17, 15) is 4.79 Å². The molecule has 0 amide bonds. The van der Waals surface area contributed by atoms with Crippen LogP contribution in [-0.2, 0) is 4.79 Å². The van der Waals surface area contributed by atoms with Gasteiger partial charge in [0.05, 0.1) is 5.92 Å². The van der Waals surface area contributed by atoms with Crippen molar-refractivity contribution < 1.29 is 9.90 Å². The Hall–Kier alpha value is -0.870. The highest BCUT2D eigenvalue weighted by Gasteiger charge is 2.30. The first-order valence-electron chi connectivity index (χ1n) is 4.69. The minimum atomic E-state index is -0.687. The van der Waals surface area contributed by atoms with Gasteiger partial charge in [0.1, 0.15) is 0 Å². The normalized spacial score (nSPS) is 26.6. The summed E-state index contributed by atoms with van der Waals surface area (Å²) in [5, 5.41) is 12.1. The number of carboxylic acids is 1. The summed E-state index contributed by atoms with van der Waals surface area (Å²) in [5.74, 6) is -0.907. The first-order valence-corrected chi connectivity index (χ1v) is 5.51. The van der Waals surface area contributed by atoms with Crippen LogP contribution < -0.4 is 5.32 Å². The quantitative estimate of drug-likeness (QED) is 0.784. The second kappa shape index (κ2) is 3.71. The predicted molar refractivity (Wildman–Crippen MR) is 55.5 cm³/mol. The fourth-order valence-corrected chi connectivity index (χ4v) is 2.75. The first-order chi connectivity index (χ1) is 6.66. The smallest absolute Gasteiger partial charge is 0.307 e. The van der Waals surface area contributed by atoms with Crippen LogP contribution in [0, 0.1) is 12.8 Å². The Kier molecular flexibility index (Phi) is 2.56. The Morgan fingerprint density at radius 1 is 1.64 bits per heavy atom. The van der Waals surface area contributed by atoms with Gasteiger partial charge in [-0.05, 0) is 25.5 Å². The van der Waals surface area contributed by atoms with Crippen LogP contribution >= 0.6 is 11.3 Å². The molecular formula is C10H13NO2S. The second-order valence-electron chi connectivity index (χ2n) is 3.68. The molecule has 2 unspecified atom stereocenters. The molecule has 3 nitrogen and oxygen atoms in total. The maximum Gasteiger partial charge on any atom is 0.307 e. The monoisotopic (exact) mass is 211 g/mol. The summed E-state index contributed by atoms with van der Waals surface area (Å²) < 4.78 is 0. The number of carbonyl (C=O) groups is 1. The number of aliphatic carboxylic acids is 1. The summed E-state index contributed by atoms with van der Waals surface area (Å²) in [6.45, 7) is 2.66. The van der Waals surface area contributed by atoms with Gasteiger partial charge in [0.2, 0.25) is 0 Å².